The Kier molecular flexibility index (Phi) is 3.05. The van der Waals surface area contributed by atoms with Gasteiger partial charge in [0.2, 0.25) is 5.88 Å². The van der Waals surface area contributed by atoms with E-state index >= 15 is 0 Å². The van der Waals surface area contributed by atoms with Crippen molar-refractivity contribution in [3.63, 3.8) is 0 Å². The molecule has 6 nitrogen and oxygen atoms in total. The van der Waals surface area contributed by atoms with Crippen molar-refractivity contribution in [3.05, 3.63) is 17.1 Å². The predicted molar refractivity (Wildman–Crippen MR) is 62.4 cm³/mol. The van der Waals surface area contributed by atoms with Crippen LogP contribution in [0.4, 0.5) is 0 Å². The molecule has 1 unspecified atom stereocenters. The second kappa shape index (κ2) is 4.23. The summed E-state index contributed by atoms with van der Waals surface area (Å²) in [4.78, 5) is 8.42. The molecule has 0 saturated heterocycles. The first-order valence-electron chi connectivity index (χ1n) is 5.32. The lowest BCUT2D eigenvalue weighted by Crippen LogP contribution is -2.23. The van der Waals surface area contributed by atoms with Crippen molar-refractivity contribution in [2.75, 3.05) is 12.9 Å². The molecule has 0 amide bonds. The van der Waals surface area contributed by atoms with Gasteiger partial charge in [-0.3, -0.25) is 0 Å². The summed E-state index contributed by atoms with van der Waals surface area (Å²) in [7, 11) is -1.54. The van der Waals surface area contributed by atoms with E-state index in [2.05, 4.69) is 9.97 Å². The lowest BCUT2D eigenvalue weighted by molar-refractivity contribution is 0.386. The number of fused-ring (bicyclic) bond motifs is 1. The summed E-state index contributed by atoms with van der Waals surface area (Å²) < 4.78 is 28.3. The van der Waals surface area contributed by atoms with Gasteiger partial charge in [-0.25, -0.2) is 13.4 Å². The lowest BCUT2D eigenvalue weighted by Gasteiger charge is -2.19. The Morgan fingerprint density at radius 1 is 1.41 bits per heavy atom. The third kappa shape index (κ3) is 2.39. The van der Waals surface area contributed by atoms with Crippen molar-refractivity contribution < 1.29 is 13.2 Å². The SMILES string of the molecule is COc1nc(C(C)N)nc2c1CCS(=O)(=O)C2. The third-order valence-corrected chi connectivity index (χ3v) is 4.23. The molecule has 0 radical (unpaired) electrons. The standard InChI is InChI=1S/C10H15N3O3S/c1-6(11)9-12-8-5-17(14,15)4-3-7(8)10(13-9)16-2/h6H,3-5,11H2,1-2H3. The molecule has 1 aromatic heterocycles. The van der Waals surface area contributed by atoms with Crippen LogP contribution in [-0.2, 0) is 22.0 Å². The molecule has 17 heavy (non-hydrogen) atoms. The smallest absolute Gasteiger partial charge is 0.219 e. The Morgan fingerprint density at radius 2 is 2.12 bits per heavy atom. The summed E-state index contributed by atoms with van der Waals surface area (Å²) in [6.07, 6.45) is 0.403. The summed E-state index contributed by atoms with van der Waals surface area (Å²) in [5.74, 6) is 0.924. The first-order chi connectivity index (χ1) is 7.93. The van der Waals surface area contributed by atoms with Crippen molar-refractivity contribution in [1.29, 1.82) is 0 Å². The number of rotatable bonds is 2. The zero-order valence-electron chi connectivity index (χ0n) is 9.80. The van der Waals surface area contributed by atoms with Crippen molar-refractivity contribution in [3.8, 4) is 5.88 Å². The van der Waals surface area contributed by atoms with E-state index in [1.807, 2.05) is 0 Å². The quantitative estimate of drug-likeness (QED) is 0.799. The molecule has 1 aliphatic heterocycles. The normalized spacial score (nSPS) is 19.5. The van der Waals surface area contributed by atoms with Gasteiger partial charge in [0.05, 0.1) is 30.4 Å². The van der Waals surface area contributed by atoms with E-state index in [1.54, 1.807) is 6.92 Å². The maximum atomic E-state index is 11.6. The Hall–Kier alpha value is -1.21. The number of ether oxygens (including phenoxy) is 1. The zero-order chi connectivity index (χ0) is 12.6. The van der Waals surface area contributed by atoms with Crippen LogP contribution < -0.4 is 10.5 Å². The van der Waals surface area contributed by atoms with E-state index in [0.29, 0.717) is 23.8 Å². The highest BCUT2D eigenvalue weighted by Gasteiger charge is 2.27. The average molecular weight is 257 g/mol. The van der Waals surface area contributed by atoms with Crippen molar-refractivity contribution in [2.24, 2.45) is 5.73 Å². The molecular weight excluding hydrogens is 242 g/mol. The van der Waals surface area contributed by atoms with E-state index in [0.717, 1.165) is 5.56 Å². The van der Waals surface area contributed by atoms with Gasteiger partial charge in [0.15, 0.2) is 9.84 Å². The third-order valence-electron chi connectivity index (χ3n) is 2.69. The van der Waals surface area contributed by atoms with Crippen molar-refractivity contribution in [2.45, 2.75) is 25.1 Å². The van der Waals surface area contributed by atoms with Gasteiger partial charge in [-0.2, -0.15) is 4.98 Å². The zero-order valence-corrected chi connectivity index (χ0v) is 10.6. The van der Waals surface area contributed by atoms with E-state index in [-0.39, 0.29) is 17.5 Å². The summed E-state index contributed by atoms with van der Waals surface area (Å²) in [6.45, 7) is 1.75. The van der Waals surface area contributed by atoms with Crippen molar-refractivity contribution >= 4 is 9.84 Å². The predicted octanol–water partition coefficient (Wildman–Crippen LogP) is -0.0242. The molecule has 0 bridgehead atoms. The van der Waals surface area contributed by atoms with Crippen LogP contribution >= 0.6 is 0 Å². The van der Waals surface area contributed by atoms with Gasteiger partial charge in [0.1, 0.15) is 5.82 Å². The molecule has 94 valence electrons. The summed E-state index contributed by atoms with van der Waals surface area (Å²) >= 11 is 0. The highest BCUT2D eigenvalue weighted by molar-refractivity contribution is 7.90. The highest BCUT2D eigenvalue weighted by Crippen LogP contribution is 2.27. The largest absolute Gasteiger partial charge is 0.481 e. The number of hydrogen-bond donors (Lipinski definition) is 1. The molecule has 0 fully saturated rings. The van der Waals surface area contributed by atoms with Crippen LogP contribution in [0.5, 0.6) is 5.88 Å². The number of hydrogen-bond acceptors (Lipinski definition) is 6. The fourth-order valence-electron chi connectivity index (χ4n) is 1.81. The Morgan fingerprint density at radius 3 is 2.71 bits per heavy atom. The molecule has 1 aromatic rings. The summed E-state index contributed by atoms with van der Waals surface area (Å²) in [5.41, 5.74) is 7.02. The van der Waals surface area contributed by atoms with Gasteiger partial charge in [-0.15, -0.1) is 0 Å². The molecule has 1 atom stereocenters. The number of nitrogens with two attached hydrogens (primary N) is 1. The molecule has 2 N–H and O–H groups in total. The van der Waals surface area contributed by atoms with Gasteiger partial charge in [0, 0.05) is 5.56 Å². The number of aromatic nitrogens is 2. The Labute approximate surface area is 100 Å². The van der Waals surface area contributed by atoms with Gasteiger partial charge >= 0.3 is 0 Å². The molecule has 7 heteroatoms. The van der Waals surface area contributed by atoms with E-state index in [9.17, 15) is 8.42 Å². The molecule has 0 aromatic carbocycles. The van der Waals surface area contributed by atoms with Crippen LogP contribution in [0.1, 0.15) is 30.0 Å². The van der Waals surface area contributed by atoms with E-state index < -0.39 is 9.84 Å². The topological polar surface area (TPSA) is 95.2 Å². The summed E-state index contributed by atoms with van der Waals surface area (Å²) in [6, 6.07) is -0.348. The molecule has 2 heterocycles. The molecule has 0 spiro atoms. The van der Waals surface area contributed by atoms with Gasteiger partial charge in [-0.05, 0) is 13.3 Å². The number of sulfone groups is 1. The summed E-state index contributed by atoms with van der Waals surface area (Å²) in [5, 5.41) is 0. The lowest BCUT2D eigenvalue weighted by atomic mass is 10.1. The highest BCUT2D eigenvalue weighted by atomic mass is 32.2. The Balaban J connectivity index is 2.56. The van der Waals surface area contributed by atoms with Crippen LogP contribution in [0.25, 0.3) is 0 Å². The van der Waals surface area contributed by atoms with Gasteiger partial charge < -0.3 is 10.5 Å². The van der Waals surface area contributed by atoms with Crippen LogP contribution in [0, 0.1) is 0 Å². The number of methoxy groups -OCH3 is 1. The maximum Gasteiger partial charge on any atom is 0.219 e. The molecule has 0 saturated carbocycles. The van der Waals surface area contributed by atoms with E-state index in [1.165, 1.54) is 7.11 Å². The second-order valence-corrected chi connectivity index (χ2v) is 6.33. The average Bonchev–Trinajstić information content (AvgIpc) is 2.25. The fourth-order valence-corrected chi connectivity index (χ4v) is 3.12. The van der Waals surface area contributed by atoms with Crippen LogP contribution in [0.3, 0.4) is 0 Å². The van der Waals surface area contributed by atoms with E-state index in [4.69, 9.17) is 10.5 Å². The molecular formula is C10H15N3O3S. The first kappa shape index (κ1) is 12.3. The minimum absolute atomic E-state index is 0.0546. The maximum absolute atomic E-state index is 11.6. The van der Waals surface area contributed by atoms with Crippen LogP contribution in [0.15, 0.2) is 0 Å². The first-order valence-corrected chi connectivity index (χ1v) is 7.15. The minimum Gasteiger partial charge on any atom is -0.481 e. The number of nitrogens with zero attached hydrogens (tertiary/aromatic N) is 2. The second-order valence-electron chi connectivity index (χ2n) is 4.15. The Bertz CT molecular complexity index is 540. The molecule has 0 aliphatic carbocycles. The van der Waals surface area contributed by atoms with Gasteiger partial charge in [-0.1, -0.05) is 0 Å². The fraction of sp³-hybridized carbons (Fsp3) is 0.600. The molecule has 1 aliphatic rings. The van der Waals surface area contributed by atoms with Crippen LogP contribution in [-0.4, -0.2) is 31.2 Å². The minimum atomic E-state index is -3.05. The van der Waals surface area contributed by atoms with Crippen LogP contribution in [0.2, 0.25) is 0 Å². The molecule has 2 rings (SSSR count). The monoisotopic (exact) mass is 257 g/mol. The van der Waals surface area contributed by atoms with Gasteiger partial charge in [0.25, 0.3) is 0 Å². The van der Waals surface area contributed by atoms with Crippen molar-refractivity contribution in [1.82, 2.24) is 9.97 Å².